The van der Waals surface area contributed by atoms with Gasteiger partial charge < -0.3 is 0 Å². The van der Waals surface area contributed by atoms with Crippen molar-refractivity contribution >= 4 is 46.4 Å². The van der Waals surface area contributed by atoms with Crippen molar-refractivity contribution in [2.45, 2.75) is 30.5 Å². The predicted octanol–water partition coefficient (Wildman–Crippen LogP) is 4.36. The van der Waals surface area contributed by atoms with E-state index in [1.165, 1.54) is 0 Å². The second-order valence-electron chi connectivity index (χ2n) is 7.34. The third-order valence-corrected chi connectivity index (χ3v) is 7.72. The fraction of sp³-hybridized carbons (Fsp3) is 0.474. The van der Waals surface area contributed by atoms with Gasteiger partial charge in [-0.15, -0.1) is 34.8 Å². The standard InChI is InChI=1S/C19H17Cl3O2/c1-18-6-4-11-15(16(18)13(23)5-7-18)14(24)8-10-2-3-12(21)17(22)19(10,11)9-20/h2-3,5,7-8,12,16-17H,4,6,9H2,1H3/t12-,16+,17+,18+,19-/m0/s1. The van der Waals surface area contributed by atoms with Crippen LogP contribution in [0.2, 0.25) is 0 Å². The number of alkyl halides is 3. The van der Waals surface area contributed by atoms with E-state index in [0.717, 1.165) is 17.6 Å². The Bertz CT molecular complexity index is 775. The van der Waals surface area contributed by atoms with E-state index < -0.39 is 16.7 Å². The Hall–Kier alpha value is -0.830. The van der Waals surface area contributed by atoms with Crippen molar-refractivity contribution in [3.8, 4) is 0 Å². The summed E-state index contributed by atoms with van der Waals surface area (Å²) in [7, 11) is 0. The summed E-state index contributed by atoms with van der Waals surface area (Å²) in [4.78, 5) is 25.4. The number of allylic oxidation sites excluding steroid dienone is 8. The molecule has 126 valence electrons. The van der Waals surface area contributed by atoms with Gasteiger partial charge in [-0.3, -0.25) is 9.59 Å². The first-order valence-electron chi connectivity index (χ1n) is 8.10. The maximum absolute atomic E-state index is 12.9. The second-order valence-corrected chi connectivity index (χ2v) is 8.58. The van der Waals surface area contributed by atoms with Crippen LogP contribution >= 0.6 is 34.8 Å². The minimum absolute atomic E-state index is 0.000445. The van der Waals surface area contributed by atoms with Gasteiger partial charge in [-0.25, -0.2) is 0 Å². The average molecular weight is 384 g/mol. The van der Waals surface area contributed by atoms with Gasteiger partial charge in [0.15, 0.2) is 11.6 Å². The number of hydrogen-bond donors (Lipinski definition) is 0. The summed E-state index contributed by atoms with van der Waals surface area (Å²) in [6.07, 6.45) is 10.4. The van der Waals surface area contributed by atoms with Crippen molar-refractivity contribution in [2.75, 3.05) is 5.88 Å². The van der Waals surface area contributed by atoms with Crippen molar-refractivity contribution < 1.29 is 9.59 Å². The van der Waals surface area contributed by atoms with Crippen LogP contribution in [0.3, 0.4) is 0 Å². The highest BCUT2D eigenvalue weighted by Gasteiger charge is 2.57. The summed E-state index contributed by atoms with van der Waals surface area (Å²) in [5.74, 6) is -0.262. The SMILES string of the molecule is C[C@@]12C=CC(=O)[C@@H]1C1=C(CC2)[C@]2(CCl)C(=CC1=O)C=C[C@H](Cl)[C@H]2Cl. The average Bonchev–Trinajstić information content (AvgIpc) is 2.87. The van der Waals surface area contributed by atoms with Crippen molar-refractivity contribution in [1.29, 1.82) is 0 Å². The minimum atomic E-state index is -0.669. The van der Waals surface area contributed by atoms with E-state index in [4.69, 9.17) is 34.8 Å². The van der Waals surface area contributed by atoms with E-state index in [2.05, 4.69) is 0 Å². The second kappa shape index (κ2) is 5.33. The molecule has 0 saturated carbocycles. The van der Waals surface area contributed by atoms with Crippen LogP contribution in [0.1, 0.15) is 19.8 Å². The van der Waals surface area contributed by atoms with Crippen molar-refractivity contribution in [1.82, 2.24) is 0 Å². The number of halogens is 3. The van der Waals surface area contributed by atoms with E-state index in [1.54, 1.807) is 12.2 Å². The first-order chi connectivity index (χ1) is 11.3. The Kier molecular flexibility index (Phi) is 3.69. The maximum atomic E-state index is 12.9. The molecule has 0 bridgehead atoms. The van der Waals surface area contributed by atoms with Gasteiger partial charge >= 0.3 is 0 Å². The summed E-state index contributed by atoms with van der Waals surface area (Å²) in [5, 5.41) is -0.810. The Balaban J connectivity index is 1.97. The minimum Gasteiger partial charge on any atom is -0.294 e. The van der Waals surface area contributed by atoms with E-state index in [1.807, 2.05) is 25.2 Å². The first kappa shape index (κ1) is 16.6. The molecule has 0 radical (unpaired) electrons. The molecule has 0 fully saturated rings. The molecule has 0 heterocycles. The quantitative estimate of drug-likeness (QED) is 0.631. The number of fused-ring (bicyclic) bond motifs is 4. The van der Waals surface area contributed by atoms with Crippen LogP contribution in [0.25, 0.3) is 0 Å². The highest BCUT2D eigenvalue weighted by molar-refractivity contribution is 6.33. The smallest absolute Gasteiger partial charge is 0.182 e. The molecule has 4 rings (SSSR count). The molecule has 0 unspecified atom stereocenters. The first-order valence-corrected chi connectivity index (χ1v) is 9.51. The van der Waals surface area contributed by atoms with Gasteiger partial charge in [0.1, 0.15) is 0 Å². The molecule has 5 heteroatoms. The molecule has 0 spiro atoms. The lowest BCUT2D eigenvalue weighted by molar-refractivity contribution is -0.121. The molecule has 24 heavy (non-hydrogen) atoms. The number of carbonyl (C=O) groups excluding carboxylic acids is 2. The topological polar surface area (TPSA) is 34.1 Å². The van der Waals surface area contributed by atoms with E-state index in [0.29, 0.717) is 12.0 Å². The summed E-state index contributed by atoms with van der Waals surface area (Å²) in [6.45, 7) is 2.05. The fourth-order valence-electron chi connectivity index (χ4n) is 4.79. The van der Waals surface area contributed by atoms with Gasteiger partial charge in [0.2, 0.25) is 0 Å². The van der Waals surface area contributed by atoms with Crippen LogP contribution in [-0.2, 0) is 9.59 Å². The molecule has 4 aliphatic rings. The number of carbonyl (C=O) groups is 2. The molecule has 5 atom stereocenters. The fourth-order valence-corrected chi connectivity index (χ4v) is 6.06. The molecule has 0 aromatic heterocycles. The summed E-state index contributed by atoms with van der Waals surface area (Å²) >= 11 is 19.5. The molecule has 4 aliphatic carbocycles. The summed E-state index contributed by atoms with van der Waals surface area (Å²) in [6, 6.07) is 0. The molecule has 0 N–H and O–H groups in total. The van der Waals surface area contributed by atoms with E-state index in [-0.39, 0.29) is 28.2 Å². The zero-order valence-electron chi connectivity index (χ0n) is 13.2. The number of hydrogen-bond acceptors (Lipinski definition) is 2. The van der Waals surface area contributed by atoms with Crippen molar-refractivity contribution in [3.05, 3.63) is 47.1 Å². The zero-order chi connectivity index (χ0) is 17.3. The molecule has 0 aromatic rings. The maximum Gasteiger partial charge on any atom is 0.182 e. The van der Waals surface area contributed by atoms with Gasteiger partial charge in [-0.2, -0.15) is 0 Å². The van der Waals surface area contributed by atoms with Gasteiger partial charge in [0.25, 0.3) is 0 Å². The van der Waals surface area contributed by atoms with E-state index >= 15 is 0 Å². The highest BCUT2D eigenvalue weighted by atomic mass is 35.5. The van der Waals surface area contributed by atoms with Crippen molar-refractivity contribution in [2.24, 2.45) is 16.7 Å². The van der Waals surface area contributed by atoms with Crippen molar-refractivity contribution in [3.63, 3.8) is 0 Å². The van der Waals surface area contributed by atoms with Gasteiger partial charge in [-0.05, 0) is 36.1 Å². The molecule has 0 saturated heterocycles. The zero-order valence-corrected chi connectivity index (χ0v) is 15.5. The summed E-state index contributed by atoms with van der Waals surface area (Å²) in [5.41, 5.74) is 1.39. The normalized spacial score (nSPS) is 43.5. The molecule has 0 aliphatic heterocycles. The number of ketones is 2. The molecule has 0 aromatic carbocycles. The Morgan fingerprint density at radius 1 is 1.25 bits per heavy atom. The Labute approximate surface area is 156 Å². The summed E-state index contributed by atoms with van der Waals surface area (Å²) < 4.78 is 0. The monoisotopic (exact) mass is 382 g/mol. The van der Waals surface area contributed by atoms with Crippen LogP contribution in [-0.4, -0.2) is 28.2 Å². The largest absolute Gasteiger partial charge is 0.294 e. The lowest BCUT2D eigenvalue weighted by Gasteiger charge is -2.50. The van der Waals surface area contributed by atoms with Gasteiger partial charge in [0.05, 0.1) is 16.7 Å². The lowest BCUT2D eigenvalue weighted by atomic mass is 9.55. The molecule has 0 amide bonds. The lowest BCUT2D eigenvalue weighted by Crippen LogP contribution is -2.50. The number of rotatable bonds is 1. The molecular formula is C19H17Cl3O2. The van der Waals surface area contributed by atoms with Gasteiger partial charge in [0, 0.05) is 22.3 Å². The predicted molar refractivity (Wildman–Crippen MR) is 96.7 cm³/mol. The van der Waals surface area contributed by atoms with Crippen LogP contribution in [0.4, 0.5) is 0 Å². The van der Waals surface area contributed by atoms with Crippen LogP contribution in [0, 0.1) is 16.7 Å². The highest BCUT2D eigenvalue weighted by Crippen LogP contribution is 2.59. The van der Waals surface area contributed by atoms with E-state index in [9.17, 15) is 9.59 Å². The third kappa shape index (κ3) is 1.91. The Morgan fingerprint density at radius 2 is 2.00 bits per heavy atom. The Morgan fingerprint density at radius 3 is 2.71 bits per heavy atom. The molecular weight excluding hydrogens is 367 g/mol. The van der Waals surface area contributed by atoms with Crippen LogP contribution in [0.15, 0.2) is 47.1 Å². The van der Waals surface area contributed by atoms with Crippen LogP contribution < -0.4 is 0 Å². The molecule has 2 nitrogen and oxygen atoms in total. The third-order valence-electron chi connectivity index (χ3n) is 6.13. The van der Waals surface area contributed by atoms with Gasteiger partial charge in [-0.1, -0.05) is 25.2 Å². The van der Waals surface area contributed by atoms with Crippen LogP contribution in [0.5, 0.6) is 0 Å².